The lowest BCUT2D eigenvalue weighted by molar-refractivity contribution is 0.721. The van der Waals surface area contributed by atoms with Gasteiger partial charge in [0, 0.05) is 24.3 Å². The smallest absolute Gasteiger partial charge is 0.110 e. The molecule has 0 aliphatic carbocycles. The third-order valence-corrected chi connectivity index (χ3v) is 6.48. The van der Waals surface area contributed by atoms with Crippen LogP contribution in [0.1, 0.15) is 41.4 Å². The van der Waals surface area contributed by atoms with E-state index < -0.39 is 0 Å². The maximum absolute atomic E-state index is 9.49. The lowest BCUT2D eigenvalue weighted by Crippen LogP contribution is -2.18. The number of imidazole rings is 1. The summed E-state index contributed by atoms with van der Waals surface area (Å²) >= 11 is 0. The van der Waals surface area contributed by atoms with Crippen LogP contribution in [0.5, 0.6) is 0 Å². The molecule has 0 amide bonds. The molecule has 0 fully saturated rings. The number of benzene rings is 3. The van der Waals surface area contributed by atoms with E-state index >= 15 is 0 Å². The number of nitriles is 1. The predicted octanol–water partition coefficient (Wildman–Crippen LogP) is 6.11. The number of aryl methyl sites for hydroxylation is 4. The average molecular weight is 421 g/mol. The first-order valence-electron chi connectivity index (χ1n) is 11.5. The molecule has 0 atom stereocenters. The second-order valence-electron chi connectivity index (χ2n) is 8.64. The van der Waals surface area contributed by atoms with Gasteiger partial charge in [-0.2, -0.15) is 5.26 Å². The molecule has 1 aromatic heterocycles. The SMILES string of the molecule is CCCc1nc2c(C)cccc2n1Cc1ccc2c(c1)CCc1ccccc1N2CC#N. The molecule has 1 aliphatic rings. The summed E-state index contributed by atoms with van der Waals surface area (Å²) in [6.07, 6.45) is 4.02. The zero-order valence-electron chi connectivity index (χ0n) is 18.8. The van der Waals surface area contributed by atoms with Crippen LogP contribution >= 0.6 is 0 Å². The number of rotatable bonds is 5. The Hall–Kier alpha value is -3.58. The second-order valence-corrected chi connectivity index (χ2v) is 8.64. The highest BCUT2D eigenvalue weighted by atomic mass is 15.1. The number of anilines is 2. The highest BCUT2D eigenvalue weighted by Gasteiger charge is 2.21. The standard InChI is InChI=1S/C28H28N4/c1-3-7-27-30-28-20(2)8-6-11-26(28)32(27)19-21-12-15-25-23(18-21)14-13-22-9-4-5-10-24(22)31(25)17-16-29/h4-6,8-12,15,18H,3,7,13-14,17,19H2,1-2H3. The maximum atomic E-state index is 9.49. The minimum atomic E-state index is 0.357. The molecule has 0 saturated heterocycles. The predicted molar refractivity (Wildman–Crippen MR) is 130 cm³/mol. The van der Waals surface area contributed by atoms with Gasteiger partial charge in [-0.3, -0.25) is 0 Å². The maximum Gasteiger partial charge on any atom is 0.110 e. The molecule has 0 bridgehead atoms. The van der Waals surface area contributed by atoms with Crippen molar-refractivity contribution >= 4 is 22.4 Å². The molecule has 0 saturated carbocycles. The molecule has 5 rings (SSSR count). The van der Waals surface area contributed by atoms with Crippen LogP contribution in [-0.2, 0) is 25.8 Å². The van der Waals surface area contributed by atoms with Gasteiger partial charge in [-0.25, -0.2) is 4.98 Å². The number of hydrogen-bond donors (Lipinski definition) is 0. The van der Waals surface area contributed by atoms with Crippen molar-refractivity contribution in [2.24, 2.45) is 0 Å². The van der Waals surface area contributed by atoms with Crippen molar-refractivity contribution in [2.75, 3.05) is 11.4 Å². The van der Waals surface area contributed by atoms with Gasteiger partial charge in [0.15, 0.2) is 0 Å². The summed E-state index contributed by atoms with van der Waals surface area (Å²) in [7, 11) is 0. The molecular weight excluding hydrogens is 392 g/mol. The van der Waals surface area contributed by atoms with E-state index in [2.05, 4.69) is 90.0 Å². The first-order chi connectivity index (χ1) is 15.7. The van der Waals surface area contributed by atoms with E-state index in [1.54, 1.807) is 0 Å². The molecule has 1 aliphatic heterocycles. The van der Waals surface area contributed by atoms with Gasteiger partial charge in [-0.05, 0) is 66.6 Å². The van der Waals surface area contributed by atoms with Crippen LogP contribution in [0, 0.1) is 18.3 Å². The molecule has 0 unspecified atom stereocenters. The highest BCUT2D eigenvalue weighted by Crippen LogP contribution is 2.36. The molecule has 0 radical (unpaired) electrons. The first kappa shape index (κ1) is 20.3. The number of para-hydroxylation sites is 2. The fourth-order valence-corrected chi connectivity index (χ4v) is 4.94. The fraction of sp³-hybridized carbons (Fsp3) is 0.286. The lowest BCUT2D eigenvalue weighted by atomic mass is 10.0. The van der Waals surface area contributed by atoms with Crippen LogP contribution in [0.4, 0.5) is 11.4 Å². The zero-order valence-corrected chi connectivity index (χ0v) is 18.8. The number of hydrogen-bond acceptors (Lipinski definition) is 3. The van der Waals surface area contributed by atoms with E-state index in [9.17, 15) is 5.26 Å². The normalized spacial score (nSPS) is 12.8. The van der Waals surface area contributed by atoms with Crippen molar-refractivity contribution in [3.63, 3.8) is 0 Å². The first-order valence-corrected chi connectivity index (χ1v) is 11.5. The highest BCUT2D eigenvalue weighted by molar-refractivity contribution is 5.79. The fourth-order valence-electron chi connectivity index (χ4n) is 4.94. The largest absolute Gasteiger partial charge is 0.327 e. The summed E-state index contributed by atoms with van der Waals surface area (Å²) in [5.74, 6) is 1.16. The molecule has 0 N–H and O–H groups in total. The third kappa shape index (κ3) is 3.54. The Labute approximate surface area is 189 Å². The molecule has 32 heavy (non-hydrogen) atoms. The summed E-state index contributed by atoms with van der Waals surface area (Å²) in [6.45, 7) is 5.52. The van der Waals surface area contributed by atoms with Gasteiger partial charge in [0.2, 0.25) is 0 Å². The molecule has 160 valence electrons. The van der Waals surface area contributed by atoms with Crippen LogP contribution in [0.2, 0.25) is 0 Å². The topological polar surface area (TPSA) is 44.9 Å². The Balaban J connectivity index is 1.55. The Morgan fingerprint density at radius 3 is 2.62 bits per heavy atom. The Morgan fingerprint density at radius 2 is 1.78 bits per heavy atom. The van der Waals surface area contributed by atoms with E-state index in [1.807, 2.05) is 0 Å². The van der Waals surface area contributed by atoms with Crippen molar-refractivity contribution in [3.8, 4) is 6.07 Å². The van der Waals surface area contributed by atoms with Crippen molar-refractivity contribution in [1.29, 1.82) is 5.26 Å². The minimum absolute atomic E-state index is 0.357. The van der Waals surface area contributed by atoms with Crippen LogP contribution < -0.4 is 4.90 Å². The van der Waals surface area contributed by atoms with Gasteiger partial charge in [0.1, 0.15) is 12.4 Å². The van der Waals surface area contributed by atoms with Crippen molar-refractivity contribution in [1.82, 2.24) is 9.55 Å². The quantitative estimate of drug-likeness (QED) is 0.366. The third-order valence-electron chi connectivity index (χ3n) is 6.48. The summed E-state index contributed by atoms with van der Waals surface area (Å²) in [4.78, 5) is 7.15. The second kappa shape index (κ2) is 8.51. The van der Waals surface area contributed by atoms with Gasteiger partial charge in [-0.15, -0.1) is 0 Å². The molecule has 4 heteroatoms. The summed E-state index contributed by atoms with van der Waals surface area (Å²) in [5, 5.41) is 9.49. The van der Waals surface area contributed by atoms with Crippen LogP contribution in [0.3, 0.4) is 0 Å². The van der Waals surface area contributed by atoms with Gasteiger partial charge in [0.25, 0.3) is 0 Å². The van der Waals surface area contributed by atoms with Gasteiger partial charge in [0.05, 0.1) is 17.1 Å². The number of nitrogens with zero attached hydrogens (tertiary/aromatic N) is 4. The van der Waals surface area contributed by atoms with E-state index in [1.165, 1.54) is 27.8 Å². The van der Waals surface area contributed by atoms with Gasteiger partial charge in [-0.1, -0.05) is 49.4 Å². The summed E-state index contributed by atoms with van der Waals surface area (Å²) in [6, 6.07) is 24.0. The van der Waals surface area contributed by atoms with Gasteiger partial charge >= 0.3 is 0 Å². The van der Waals surface area contributed by atoms with E-state index in [0.717, 1.165) is 54.9 Å². The average Bonchev–Trinajstić information content (AvgIpc) is 3.07. The lowest BCUT2D eigenvalue weighted by Gasteiger charge is -2.24. The van der Waals surface area contributed by atoms with E-state index in [0.29, 0.717) is 6.54 Å². The molecule has 4 nitrogen and oxygen atoms in total. The number of aromatic nitrogens is 2. The number of fused-ring (bicyclic) bond motifs is 3. The monoisotopic (exact) mass is 420 g/mol. The van der Waals surface area contributed by atoms with Crippen LogP contribution in [-0.4, -0.2) is 16.1 Å². The van der Waals surface area contributed by atoms with Gasteiger partial charge < -0.3 is 9.47 Å². The van der Waals surface area contributed by atoms with Crippen LogP contribution in [0.15, 0.2) is 60.7 Å². The summed E-state index contributed by atoms with van der Waals surface area (Å²) in [5.41, 5.74) is 9.76. The van der Waals surface area contributed by atoms with Crippen LogP contribution in [0.25, 0.3) is 11.0 Å². The summed E-state index contributed by atoms with van der Waals surface area (Å²) < 4.78 is 2.38. The Morgan fingerprint density at radius 1 is 0.969 bits per heavy atom. The van der Waals surface area contributed by atoms with Crippen molar-refractivity contribution in [2.45, 2.75) is 46.1 Å². The van der Waals surface area contributed by atoms with E-state index in [4.69, 9.17) is 4.98 Å². The Kier molecular flexibility index (Phi) is 5.41. The van der Waals surface area contributed by atoms with E-state index in [-0.39, 0.29) is 0 Å². The molecule has 2 heterocycles. The molecular formula is C28H28N4. The van der Waals surface area contributed by atoms with Crippen molar-refractivity contribution in [3.05, 3.63) is 88.7 Å². The molecule has 4 aromatic rings. The molecule has 0 spiro atoms. The van der Waals surface area contributed by atoms with Crippen molar-refractivity contribution < 1.29 is 0 Å². The zero-order chi connectivity index (χ0) is 22.1. The minimum Gasteiger partial charge on any atom is -0.327 e. The molecule has 3 aromatic carbocycles. The Bertz CT molecular complexity index is 1330.